The van der Waals surface area contributed by atoms with Gasteiger partial charge < -0.3 is 24.7 Å². The third-order valence-electron chi connectivity index (χ3n) is 5.11. The van der Waals surface area contributed by atoms with E-state index in [2.05, 4.69) is 27.8 Å². The van der Waals surface area contributed by atoms with Crippen LogP contribution in [0, 0.1) is 6.92 Å². The molecule has 2 aromatic rings. The highest BCUT2D eigenvalue weighted by molar-refractivity contribution is 5.79. The Morgan fingerprint density at radius 1 is 1.29 bits per heavy atom. The summed E-state index contributed by atoms with van der Waals surface area (Å²) in [6.45, 7) is 6.71. The minimum Gasteiger partial charge on any atom is -0.497 e. The summed E-state index contributed by atoms with van der Waals surface area (Å²) in [5, 5.41) is 15.1. The lowest BCUT2D eigenvalue weighted by molar-refractivity contribution is 0.0242. The molecule has 0 radical (unpaired) electrons. The van der Waals surface area contributed by atoms with Crippen molar-refractivity contribution in [2.24, 2.45) is 12.0 Å². The molecule has 1 aliphatic rings. The van der Waals surface area contributed by atoms with Crippen molar-refractivity contribution in [3.63, 3.8) is 0 Å². The molecular weight excluding hydrogens is 356 g/mol. The van der Waals surface area contributed by atoms with Crippen LogP contribution in [0.4, 0.5) is 0 Å². The predicted molar refractivity (Wildman–Crippen MR) is 108 cm³/mol. The standard InChI is InChI=1S/C20H30N6O2/c1-15-24-25-18(26(15)3)13-22-19(23-14-20(2)10-5-11-28-20)21-12-16-6-8-17(27-4)9-7-16/h6-9H,5,10-14H2,1-4H3,(H2,21,22,23). The van der Waals surface area contributed by atoms with Gasteiger partial charge in [0.15, 0.2) is 11.8 Å². The molecule has 152 valence electrons. The first-order valence-electron chi connectivity index (χ1n) is 9.63. The van der Waals surface area contributed by atoms with E-state index < -0.39 is 0 Å². The van der Waals surface area contributed by atoms with Crippen molar-refractivity contribution in [1.82, 2.24) is 25.4 Å². The summed E-state index contributed by atoms with van der Waals surface area (Å²) in [5.41, 5.74) is 0.962. The zero-order chi connectivity index (χ0) is 20.0. The van der Waals surface area contributed by atoms with Crippen LogP contribution in [-0.4, -0.2) is 46.6 Å². The Hall–Kier alpha value is -2.61. The van der Waals surface area contributed by atoms with Gasteiger partial charge in [-0.2, -0.15) is 0 Å². The number of rotatable bonds is 7. The minimum atomic E-state index is -0.149. The molecule has 8 nitrogen and oxygen atoms in total. The number of nitrogens with one attached hydrogen (secondary N) is 2. The molecule has 1 unspecified atom stereocenters. The van der Waals surface area contributed by atoms with Gasteiger partial charge in [0.25, 0.3) is 0 Å². The van der Waals surface area contributed by atoms with Crippen LogP contribution in [0.2, 0.25) is 0 Å². The highest BCUT2D eigenvalue weighted by Gasteiger charge is 2.29. The fraction of sp³-hybridized carbons (Fsp3) is 0.550. The topological polar surface area (TPSA) is 85.6 Å². The third-order valence-corrected chi connectivity index (χ3v) is 5.11. The number of aryl methyl sites for hydroxylation is 1. The van der Waals surface area contributed by atoms with Crippen molar-refractivity contribution >= 4 is 5.96 Å². The van der Waals surface area contributed by atoms with Gasteiger partial charge >= 0.3 is 0 Å². The fourth-order valence-electron chi connectivity index (χ4n) is 3.09. The van der Waals surface area contributed by atoms with E-state index in [9.17, 15) is 0 Å². The Bertz CT molecular complexity index is 794. The number of hydrogen-bond acceptors (Lipinski definition) is 5. The van der Waals surface area contributed by atoms with E-state index in [1.807, 2.05) is 42.8 Å². The molecule has 0 bridgehead atoms. The van der Waals surface area contributed by atoms with Gasteiger partial charge in [0.1, 0.15) is 11.6 Å². The smallest absolute Gasteiger partial charge is 0.192 e. The lowest BCUT2D eigenvalue weighted by Crippen LogP contribution is -2.45. The number of nitrogens with zero attached hydrogens (tertiary/aromatic N) is 4. The molecule has 1 atom stereocenters. The van der Waals surface area contributed by atoms with E-state index in [4.69, 9.17) is 14.5 Å². The lowest BCUT2D eigenvalue weighted by Gasteiger charge is -2.24. The average Bonchev–Trinajstić information content (AvgIpc) is 3.28. The highest BCUT2D eigenvalue weighted by atomic mass is 16.5. The maximum absolute atomic E-state index is 5.88. The average molecular weight is 387 g/mol. The molecule has 3 rings (SSSR count). The zero-order valence-electron chi connectivity index (χ0n) is 17.2. The number of benzene rings is 1. The molecule has 28 heavy (non-hydrogen) atoms. The maximum atomic E-state index is 5.88. The molecule has 1 aromatic heterocycles. The van der Waals surface area contributed by atoms with E-state index in [-0.39, 0.29) is 5.60 Å². The summed E-state index contributed by atoms with van der Waals surface area (Å²) in [7, 11) is 3.63. The number of hydrogen-bond donors (Lipinski definition) is 2. The number of aromatic nitrogens is 3. The Morgan fingerprint density at radius 3 is 2.68 bits per heavy atom. The second kappa shape index (κ2) is 9.05. The van der Waals surface area contributed by atoms with Crippen molar-refractivity contribution in [2.45, 2.75) is 45.4 Å². The molecule has 8 heteroatoms. The minimum absolute atomic E-state index is 0.149. The molecule has 0 aliphatic carbocycles. The summed E-state index contributed by atoms with van der Waals surface area (Å²) < 4.78 is 13.1. The Labute approximate surface area is 166 Å². The quantitative estimate of drug-likeness (QED) is 0.559. The second-order valence-corrected chi connectivity index (χ2v) is 7.34. The van der Waals surface area contributed by atoms with Gasteiger partial charge in [-0.25, -0.2) is 4.99 Å². The first-order chi connectivity index (χ1) is 13.5. The molecule has 0 saturated carbocycles. The van der Waals surface area contributed by atoms with Crippen molar-refractivity contribution in [2.75, 3.05) is 20.3 Å². The summed E-state index contributed by atoms with van der Waals surface area (Å²) in [4.78, 5) is 4.73. The van der Waals surface area contributed by atoms with Crippen molar-refractivity contribution in [3.05, 3.63) is 41.5 Å². The van der Waals surface area contributed by atoms with Gasteiger partial charge in [-0.15, -0.1) is 10.2 Å². The van der Waals surface area contributed by atoms with Crippen molar-refractivity contribution in [1.29, 1.82) is 0 Å². The van der Waals surface area contributed by atoms with Crippen LogP contribution >= 0.6 is 0 Å². The molecule has 1 fully saturated rings. The first kappa shape index (κ1) is 20.1. The van der Waals surface area contributed by atoms with Crippen LogP contribution < -0.4 is 15.4 Å². The summed E-state index contributed by atoms with van der Waals surface area (Å²) >= 11 is 0. The molecule has 0 spiro atoms. The Balaban J connectivity index is 1.65. The van der Waals surface area contributed by atoms with E-state index in [0.717, 1.165) is 48.4 Å². The van der Waals surface area contributed by atoms with Crippen LogP contribution in [0.1, 0.15) is 37.0 Å². The van der Waals surface area contributed by atoms with Gasteiger partial charge in [0, 0.05) is 20.2 Å². The van der Waals surface area contributed by atoms with Crippen LogP contribution in [0.25, 0.3) is 0 Å². The largest absolute Gasteiger partial charge is 0.497 e. The van der Waals surface area contributed by atoms with E-state index in [1.54, 1.807) is 7.11 Å². The Kier molecular flexibility index (Phi) is 6.51. The normalized spacial score (nSPS) is 19.6. The molecule has 1 aliphatic heterocycles. The number of methoxy groups -OCH3 is 1. The molecule has 1 saturated heterocycles. The lowest BCUT2D eigenvalue weighted by atomic mass is 10.0. The molecule has 2 heterocycles. The van der Waals surface area contributed by atoms with Gasteiger partial charge in [0.2, 0.25) is 0 Å². The summed E-state index contributed by atoms with van der Waals surface area (Å²) in [6.07, 6.45) is 2.15. The van der Waals surface area contributed by atoms with Crippen LogP contribution in [0.3, 0.4) is 0 Å². The van der Waals surface area contributed by atoms with Crippen LogP contribution in [0.15, 0.2) is 29.3 Å². The van der Waals surface area contributed by atoms with E-state index >= 15 is 0 Å². The van der Waals surface area contributed by atoms with Crippen molar-refractivity contribution in [3.8, 4) is 5.75 Å². The second-order valence-electron chi connectivity index (χ2n) is 7.34. The van der Waals surface area contributed by atoms with Crippen molar-refractivity contribution < 1.29 is 9.47 Å². The SMILES string of the molecule is COc1ccc(CN=C(NCc2nnc(C)n2C)NCC2(C)CCCO2)cc1. The number of aliphatic imine (C=N–C) groups is 1. The molecule has 0 amide bonds. The molecule has 2 N–H and O–H groups in total. The predicted octanol–water partition coefficient (Wildman–Crippen LogP) is 1.94. The number of ether oxygens (including phenoxy) is 2. The summed E-state index contributed by atoms with van der Waals surface area (Å²) in [5.74, 6) is 3.31. The summed E-state index contributed by atoms with van der Waals surface area (Å²) in [6, 6.07) is 7.93. The van der Waals surface area contributed by atoms with Gasteiger partial charge in [-0.05, 0) is 44.4 Å². The third kappa shape index (κ3) is 5.22. The van der Waals surface area contributed by atoms with Crippen LogP contribution in [0.5, 0.6) is 5.75 Å². The number of guanidine groups is 1. The van der Waals surface area contributed by atoms with E-state index in [0.29, 0.717) is 19.6 Å². The fourth-order valence-corrected chi connectivity index (χ4v) is 3.09. The van der Waals surface area contributed by atoms with Crippen LogP contribution in [-0.2, 0) is 24.9 Å². The maximum Gasteiger partial charge on any atom is 0.192 e. The van der Waals surface area contributed by atoms with Gasteiger partial charge in [-0.1, -0.05) is 12.1 Å². The van der Waals surface area contributed by atoms with E-state index in [1.165, 1.54) is 0 Å². The van der Waals surface area contributed by atoms with Gasteiger partial charge in [-0.3, -0.25) is 0 Å². The first-order valence-corrected chi connectivity index (χ1v) is 9.63. The van der Waals surface area contributed by atoms with Gasteiger partial charge in [0.05, 0.1) is 25.8 Å². The Morgan fingerprint density at radius 2 is 2.07 bits per heavy atom. The monoisotopic (exact) mass is 386 g/mol. The zero-order valence-corrected chi connectivity index (χ0v) is 17.2. The highest BCUT2D eigenvalue weighted by Crippen LogP contribution is 2.23. The molecule has 1 aromatic carbocycles. The molecular formula is C20H30N6O2.